The van der Waals surface area contributed by atoms with Crippen LogP contribution in [0.4, 0.5) is 0 Å². The van der Waals surface area contributed by atoms with Gasteiger partial charge in [0.05, 0.1) is 0 Å². The first-order valence-corrected chi connectivity index (χ1v) is 5.09. The Morgan fingerprint density at radius 1 is 1.56 bits per heavy atom. The maximum atomic E-state index is 11.6. The van der Waals surface area contributed by atoms with E-state index in [1.54, 1.807) is 0 Å². The Labute approximate surface area is 95.6 Å². The normalized spacial score (nSPS) is 17.6. The first-order chi connectivity index (χ1) is 7.53. The van der Waals surface area contributed by atoms with Crippen molar-refractivity contribution in [1.29, 1.82) is 0 Å². The lowest BCUT2D eigenvalue weighted by atomic mass is 9.76. The summed E-state index contributed by atoms with van der Waals surface area (Å²) in [6, 6.07) is 1.24. The molecule has 1 amide bonds. The lowest BCUT2D eigenvalue weighted by molar-refractivity contribution is -0.148. The van der Waals surface area contributed by atoms with Crippen molar-refractivity contribution < 1.29 is 19.2 Å². The second kappa shape index (κ2) is 3.79. The summed E-state index contributed by atoms with van der Waals surface area (Å²) in [5.74, 6) is -1.73. The van der Waals surface area contributed by atoms with Crippen molar-refractivity contribution in [3.8, 4) is 0 Å². The largest absolute Gasteiger partial charge is 0.480 e. The van der Waals surface area contributed by atoms with Gasteiger partial charge >= 0.3 is 5.97 Å². The quantitative estimate of drug-likeness (QED) is 0.830. The van der Waals surface area contributed by atoms with E-state index in [-0.39, 0.29) is 10.9 Å². The Morgan fingerprint density at radius 2 is 2.25 bits per heavy atom. The number of halogens is 1. The summed E-state index contributed by atoms with van der Waals surface area (Å²) in [4.78, 5) is 22.6. The lowest BCUT2D eigenvalue weighted by Crippen LogP contribution is -2.59. The number of nitrogens with zero attached hydrogens (tertiary/aromatic N) is 1. The smallest absolute Gasteiger partial charge is 0.329 e. The number of aromatic nitrogens is 1. The van der Waals surface area contributed by atoms with Gasteiger partial charge in [0.15, 0.2) is 5.15 Å². The fourth-order valence-corrected chi connectivity index (χ4v) is 1.70. The average Bonchev–Trinajstić information content (AvgIpc) is 2.57. The summed E-state index contributed by atoms with van der Waals surface area (Å²) >= 11 is 5.48. The SMILES string of the molecule is O=C(NC1(C(=O)O)CCC1)c1cc(Cl)no1. The highest BCUT2D eigenvalue weighted by molar-refractivity contribution is 6.29. The number of carbonyl (C=O) groups excluding carboxylic acids is 1. The Balaban J connectivity index is 2.10. The molecule has 0 spiro atoms. The predicted molar refractivity (Wildman–Crippen MR) is 53.2 cm³/mol. The highest BCUT2D eigenvalue weighted by Gasteiger charge is 2.46. The summed E-state index contributed by atoms with van der Waals surface area (Å²) in [7, 11) is 0. The monoisotopic (exact) mass is 244 g/mol. The van der Waals surface area contributed by atoms with E-state index in [1.807, 2.05) is 0 Å². The van der Waals surface area contributed by atoms with Gasteiger partial charge in [-0.1, -0.05) is 16.8 Å². The number of carbonyl (C=O) groups is 2. The molecule has 1 aromatic rings. The van der Waals surface area contributed by atoms with Gasteiger partial charge in [-0.05, 0) is 19.3 Å². The molecule has 1 aromatic heterocycles. The van der Waals surface area contributed by atoms with Gasteiger partial charge in [0.25, 0.3) is 5.91 Å². The van der Waals surface area contributed by atoms with E-state index in [1.165, 1.54) is 6.07 Å². The van der Waals surface area contributed by atoms with Crippen LogP contribution in [0.5, 0.6) is 0 Å². The van der Waals surface area contributed by atoms with Gasteiger partial charge in [0.1, 0.15) is 5.54 Å². The average molecular weight is 245 g/mol. The second-order valence-corrected chi connectivity index (χ2v) is 4.10. The number of aliphatic carboxylic acids is 1. The van der Waals surface area contributed by atoms with Gasteiger partial charge in [-0.25, -0.2) is 4.79 Å². The number of carboxylic acids is 1. The van der Waals surface area contributed by atoms with Crippen LogP contribution in [-0.2, 0) is 4.79 Å². The number of nitrogens with one attached hydrogen (secondary N) is 1. The topological polar surface area (TPSA) is 92.4 Å². The Morgan fingerprint density at radius 3 is 2.62 bits per heavy atom. The van der Waals surface area contributed by atoms with E-state index < -0.39 is 17.4 Å². The van der Waals surface area contributed by atoms with Crippen LogP contribution < -0.4 is 5.32 Å². The third-order valence-corrected chi connectivity index (χ3v) is 2.85. The van der Waals surface area contributed by atoms with Crippen molar-refractivity contribution in [2.24, 2.45) is 0 Å². The molecule has 0 aromatic carbocycles. The Kier molecular flexibility index (Phi) is 2.59. The molecule has 2 N–H and O–H groups in total. The van der Waals surface area contributed by atoms with E-state index in [0.717, 1.165) is 6.42 Å². The molecule has 1 fully saturated rings. The molecule has 7 heteroatoms. The zero-order valence-electron chi connectivity index (χ0n) is 8.20. The van der Waals surface area contributed by atoms with Crippen LogP contribution in [0.1, 0.15) is 29.8 Å². The molecular formula is C9H9ClN2O4. The predicted octanol–water partition coefficient (Wildman–Crippen LogP) is 1.07. The van der Waals surface area contributed by atoms with Crippen molar-refractivity contribution >= 4 is 23.5 Å². The molecule has 1 heterocycles. The van der Waals surface area contributed by atoms with E-state index in [2.05, 4.69) is 15.0 Å². The molecule has 0 radical (unpaired) electrons. The molecule has 1 aliphatic rings. The van der Waals surface area contributed by atoms with Gasteiger partial charge in [-0.15, -0.1) is 0 Å². The third-order valence-electron chi connectivity index (χ3n) is 2.67. The van der Waals surface area contributed by atoms with Crippen LogP contribution in [0.3, 0.4) is 0 Å². The summed E-state index contributed by atoms with van der Waals surface area (Å²) in [5.41, 5.74) is -1.16. The Hall–Kier alpha value is -1.56. The molecule has 0 atom stereocenters. The molecule has 2 rings (SSSR count). The van der Waals surface area contributed by atoms with Gasteiger partial charge in [0.2, 0.25) is 5.76 Å². The molecule has 0 saturated heterocycles. The highest BCUT2D eigenvalue weighted by atomic mass is 35.5. The van der Waals surface area contributed by atoms with Gasteiger partial charge in [-0.3, -0.25) is 4.79 Å². The highest BCUT2D eigenvalue weighted by Crippen LogP contribution is 2.32. The van der Waals surface area contributed by atoms with Crippen molar-refractivity contribution in [3.63, 3.8) is 0 Å². The van der Waals surface area contributed by atoms with Crippen molar-refractivity contribution in [2.75, 3.05) is 0 Å². The van der Waals surface area contributed by atoms with E-state index in [9.17, 15) is 9.59 Å². The number of amides is 1. The number of hydrogen-bond acceptors (Lipinski definition) is 4. The molecule has 6 nitrogen and oxygen atoms in total. The molecular weight excluding hydrogens is 236 g/mol. The van der Waals surface area contributed by atoms with Crippen LogP contribution in [0.25, 0.3) is 0 Å². The van der Waals surface area contributed by atoms with Crippen molar-refractivity contribution in [1.82, 2.24) is 10.5 Å². The third kappa shape index (κ3) is 1.76. The maximum Gasteiger partial charge on any atom is 0.329 e. The Bertz CT molecular complexity index is 438. The first-order valence-electron chi connectivity index (χ1n) is 4.72. The molecule has 1 aliphatic carbocycles. The van der Waals surface area contributed by atoms with Crippen LogP contribution in [0.15, 0.2) is 10.6 Å². The lowest BCUT2D eigenvalue weighted by Gasteiger charge is -2.37. The van der Waals surface area contributed by atoms with Gasteiger partial charge in [0, 0.05) is 6.07 Å². The van der Waals surface area contributed by atoms with Crippen LogP contribution >= 0.6 is 11.6 Å². The first kappa shape index (κ1) is 10.9. The van der Waals surface area contributed by atoms with Crippen LogP contribution in [0, 0.1) is 0 Å². The van der Waals surface area contributed by atoms with Gasteiger partial charge < -0.3 is 14.9 Å². The van der Waals surface area contributed by atoms with E-state index in [4.69, 9.17) is 16.7 Å². The van der Waals surface area contributed by atoms with Crippen molar-refractivity contribution in [3.05, 3.63) is 17.0 Å². The van der Waals surface area contributed by atoms with Crippen LogP contribution in [0.2, 0.25) is 5.15 Å². The summed E-state index contributed by atoms with van der Waals surface area (Å²) in [6.45, 7) is 0. The van der Waals surface area contributed by atoms with E-state index in [0.29, 0.717) is 12.8 Å². The molecule has 0 bridgehead atoms. The van der Waals surface area contributed by atoms with E-state index >= 15 is 0 Å². The molecule has 0 aliphatic heterocycles. The zero-order chi connectivity index (χ0) is 11.8. The summed E-state index contributed by atoms with van der Waals surface area (Å²) < 4.78 is 4.63. The van der Waals surface area contributed by atoms with Crippen LogP contribution in [-0.4, -0.2) is 27.7 Å². The maximum absolute atomic E-state index is 11.6. The fourth-order valence-electron chi connectivity index (χ4n) is 1.56. The standard InChI is InChI=1S/C9H9ClN2O4/c10-6-4-5(16-12-6)7(13)11-9(8(14)15)2-1-3-9/h4H,1-3H2,(H,11,13)(H,14,15). The van der Waals surface area contributed by atoms with Gasteiger partial charge in [-0.2, -0.15) is 0 Å². The summed E-state index contributed by atoms with van der Waals surface area (Å²) in [5, 5.41) is 14.8. The summed E-state index contributed by atoms with van der Waals surface area (Å²) in [6.07, 6.45) is 1.63. The minimum Gasteiger partial charge on any atom is -0.480 e. The molecule has 86 valence electrons. The molecule has 16 heavy (non-hydrogen) atoms. The number of carboxylic acid groups (broad SMARTS) is 1. The fraction of sp³-hybridized carbons (Fsp3) is 0.444. The number of hydrogen-bond donors (Lipinski definition) is 2. The molecule has 1 saturated carbocycles. The zero-order valence-corrected chi connectivity index (χ0v) is 8.95. The van der Waals surface area contributed by atoms with Crippen molar-refractivity contribution in [2.45, 2.75) is 24.8 Å². The minimum absolute atomic E-state index is 0.0585. The second-order valence-electron chi connectivity index (χ2n) is 3.71. The number of rotatable bonds is 3. The minimum atomic E-state index is -1.16. The molecule has 0 unspecified atom stereocenters.